The number of methoxy groups -OCH3 is 1. The number of fused-ring (bicyclic) bond motifs is 3. The smallest absolute Gasteiger partial charge is 0.417 e. The minimum Gasteiger partial charge on any atom is -0.465 e. The van der Waals surface area contributed by atoms with Crippen LogP contribution in [0.25, 0.3) is 21.5 Å². The van der Waals surface area contributed by atoms with Crippen LogP contribution in [0.3, 0.4) is 0 Å². The van der Waals surface area contributed by atoms with Crippen molar-refractivity contribution < 1.29 is 32.0 Å². The van der Waals surface area contributed by atoms with Crippen molar-refractivity contribution in [3.05, 3.63) is 64.4 Å². The Morgan fingerprint density at radius 3 is 2.55 bits per heavy atom. The van der Waals surface area contributed by atoms with Gasteiger partial charge in [-0.3, -0.25) is 0 Å². The van der Waals surface area contributed by atoms with E-state index in [1.54, 1.807) is 17.4 Å². The number of carbonyl (C=O) groups is 1. The molecule has 2 aliphatic heterocycles. The van der Waals surface area contributed by atoms with Crippen LogP contribution < -0.4 is 4.90 Å². The Kier molecular flexibility index (Phi) is 6.77. The van der Waals surface area contributed by atoms with Gasteiger partial charge in [-0.05, 0) is 69.2 Å². The summed E-state index contributed by atoms with van der Waals surface area (Å²) in [5.41, 5.74) is 2.50. The molecule has 42 heavy (non-hydrogen) atoms. The van der Waals surface area contributed by atoms with Gasteiger partial charge in [-0.1, -0.05) is 34.7 Å². The lowest BCUT2D eigenvalue weighted by atomic mass is 9.98. The van der Waals surface area contributed by atoms with E-state index in [1.165, 1.54) is 19.2 Å². The Bertz CT molecular complexity index is 1650. The molecule has 220 valence electrons. The molecule has 1 aliphatic carbocycles. The maximum Gasteiger partial charge on any atom is 0.417 e. The summed E-state index contributed by atoms with van der Waals surface area (Å²) in [5, 5.41) is 5.08. The maximum atomic E-state index is 13.8. The van der Waals surface area contributed by atoms with Gasteiger partial charge in [0.2, 0.25) is 0 Å². The van der Waals surface area contributed by atoms with Crippen LogP contribution in [-0.4, -0.2) is 41.4 Å². The van der Waals surface area contributed by atoms with Gasteiger partial charge in [-0.25, -0.2) is 9.78 Å². The molecule has 1 saturated carbocycles. The fraction of sp³-hybridized carbons (Fsp3) is 0.452. The highest BCUT2D eigenvalue weighted by molar-refractivity contribution is 7.22. The molecule has 7 nitrogen and oxygen atoms in total. The van der Waals surface area contributed by atoms with E-state index in [1.807, 2.05) is 19.1 Å². The molecule has 0 radical (unpaired) electrons. The molecule has 4 heterocycles. The van der Waals surface area contributed by atoms with Gasteiger partial charge in [0, 0.05) is 29.1 Å². The number of hydrogen-bond acceptors (Lipinski definition) is 8. The van der Waals surface area contributed by atoms with E-state index in [-0.39, 0.29) is 47.9 Å². The zero-order chi connectivity index (χ0) is 29.2. The summed E-state index contributed by atoms with van der Waals surface area (Å²) in [5.74, 6) is 0.470. The average Bonchev–Trinajstić information content (AvgIpc) is 3.48. The minimum atomic E-state index is -4.50. The van der Waals surface area contributed by atoms with E-state index in [0.29, 0.717) is 16.9 Å². The van der Waals surface area contributed by atoms with Crippen molar-refractivity contribution in [1.82, 2.24) is 10.1 Å². The van der Waals surface area contributed by atoms with Crippen LogP contribution in [0.2, 0.25) is 0 Å². The molecule has 0 amide bonds. The molecular weight excluding hydrogens is 567 g/mol. The third kappa shape index (κ3) is 4.86. The number of benzene rings is 2. The number of nitrogens with zero attached hydrogens (tertiary/aromatic N) is 3. The van der Waals surface area contributed by atoms with E-state index < -0.39 is 11.7 Å². The first kappa shape index (κ1) is 27.4. The number of thiazole rings is 1. The summed E-state index contributed by atoms with van der Waals surface area (Å²) in [7, 11) is 1.38. The van der Waals surface area contributed by atoms with Crippen molar-refractivity contribution in [3.63, 3.8) is 0 Å². The molecule has 11 heteroatoms. The van der Waals surface area contributed by atoms with Gasteiger partial charge < -0.3 is 18.9 Å². The summed E-state index contributed by atoms with van der Waals surface area (Å²) in [4.78, 5) is 19.5. The van der Waals surface area contributed by atoms with Gasteiger partial charge in [-0.2, -0.15) is 13.2 Å². The predicted molar refractivity (Wildman–Crippen MR) is 152 cm³/mol. The quantitative estimate of drug-likeness (QED) is 0.203. The Hall–Kier alpha value is -3.44. The van der Waals surface area contributed by atoms with Gasteiger partial charge in [0.25, 0.3) is 0 Å². The molecule has 3 aliphatic rings. The van der Waals surface area contributed by atoms with Crippen LogP contribution in [0.15, 0.2) is 40.9 Å². The zero-order valence-electron chi connectivity index (χ0n) is 23.2. The molecular formula is C31H30F3N3O4S. The van der Waals surface area contributed by atoms with Crippen LogP contribution >= 0.6 is 11.3 Å². The van der Waals surface area contributed by atoms with E-state index in [9.17, 15) is 18.0 Å². The Balaban J connectivity index is 1.11. The number of halogens is 3. The van der Waals surface area contributed by atoms with E-state index in [4.69, 9.17) is 19.0 Å². The molecule has 1 unspecified atom stereocenters. The average molecular weight is 598 g/mol. The lowest BCUT2D eigenvalue weighted by molar-refractivity contribution is -0.137. The number of aromatic nitrogens is 2. The van der Waals surface area contributed by atoms with Crippen molar-refractivity contribution in [2.75, 3.05) is 12.0 Å². The molecule has 3 atom stereocenters. The number of alkyl halides is 3. The number of aryl methyl sites for hydroxylation is 1. The fourth-order valence-electron chi connectivity index (χ4n) is 6.58. The molecule has 4 aromatic rings. The first-order valence-corrected chi connectivity index (χ1v) is 15.1. The van der Waals surface area contributed by atoms with E-state index in [2.05, 4.69) is 10.1 Å². The van der Waals surface area contributed by atoms with Crippen LogP contribution in [0.4, 0.5) is 18.3 Å². The molecule has 2 aromatic carbocycles. The number of hydrogen-bond donors (Lipinski definition) is 0. The summed E-state index contributed by atoms with van der Waals surface area (Å²) in [6.45, 7) is 2.12. The second-order valence-electron chi connectivity index (χ2n) is 11.5. The third-order valence-electron chi connectivity index (χ3n) is 8.72. The summed E-state index contributed by atoms with van der Waals surface area (Å²) < 4.78 is 59.5. The highest BCUT2D eigenvalue weighted by atomic mass is 32.1. The third-order valence-corrected chi connectivity index (χ3v) is 9.74. The lowest BCUT2D eigenvalue weighted by Gasteiger charge is -2.38. The highest BCUT2D eigenvalue weighted by Gasteiger charge is 2.43. The van der Waals surface area contributed by atoms with Crippen molar-refractivity contribution in [3.8, 4) is 11.3 Å². The van der Waals surface area contributed by atoms with Crippen LogP contribution in [0, 0.1) is 6.92 Å². The Morgan fingerprint density at radius 1 is 1.12 bits per heavy atom. The fourth-order valence-corrected chi connectivity index (χ4v) is 7.81. The number of rotatable bonds is 7. The number of piperidine rings is 1. The largest absolute Gasteiger partial charge is 0.465 e. The van der Waals surface area contributed by atoms with Gasteiger partial charge in [0.15, 0.2) is 5.13 Å². The number of ether oxygens (including phenoxy) is 2. The minimum absolute atomic E-state index is 0.0237. The molecule has 2 saturated heterocycles. The van der Waals surface area contributed by atoms with Crippen molar-refractivity contribution in [2.45, 2.75) is 82.3 Å². The van der Waals surface area contributed by atoms with Crippen LogP contribution in [-0.2, 0) is 22.3 Å². The molecule has 0 spiro atoms. The monoisotopic (exact) mass is 597 g/mol. The summed E-state index contributed by atoms with van der Waals surface area (Å²) in [6, 6.07) is 9.68. The summed E-state index contributed by atoms with van der Waals surface area (Å²) >= 11 is 1.59. The Labute approximate surface area is 244 Å². The number of anilines is 1. The van der Waals surface area contributed by atoms with E-state index >= 15 is 0 Å². The van der Waals surface area contributed by atoms with Crippen molar-refractivity contribution in [2.24, 2.45) is 0 Å². The molecule has 2 aromatic heterocycles. The normalized spacial score (nSPS) is 22.2. The second kappa shape index (κ2) is 10.4. The number of esters is 1. The lowest BCUT2D eigenvalue weighted by Crippen LogP contribution is -2.45. The molecule has 3 fully saturated rings. The first-order valence-electron chi connectivity index (χ1n) is 14.3. The topological polar surface area (TPSA) is 77.7 Å². The second-order valence-corrected chi connectivity index (χ2v) is 12.5. The van der Waals surface area contributed by atoms with Crippen molar-refractivity contribution in [1.29, 1.82) is 0 Å². The SMILES string of the molecule is COC(=O)c1cc(C)c2nc(N3[C@@H]4CC[C@H]3CC(OCc3c(-c5ccccc5C(F)(F)F)noc3C3CC3)C4)sc2c1. The highest BCUT2D eigenvalue weighted by Crippen LogP contribution is 2.47. The van der Waals surface area contributed by atoms with Crippen LogP contribution in [0.5, 0.6) is 0 Å². The van der Waals surface area contributed by atoms with Gasteiger partial charge in [0.1, 0.15) is 11.5 Å². The van der Waals surface area contributed by atoms with Gasteiger partial charge >= 0.3 is 12.1 Å². The standard InChI is InChI=1S/C31H30F3N3O4S/c1-16-11-18(29(38)39-2)12-25-26(16)35-30(42-25)37-19-9-10-20(37)14-21(13-19)40-15-23-27(36-41-28(23)17-7-8-17)22-5-3-4-6-24(22)31(32,33)34/h3-6,11-12,17,19-21H,7-10,13-15H2,1-2H3/t19-,20+,21?. The maximum absolute atomic E-state index is 13.8. The molecule has 0 N–H and O–H groups in total. The van der Waals surface area contributed by atoms with E-state index in [0.717, 1.165) is 65.5 Å². The van der Waals surface area contributed by atoms with Gasteiger partial charge in [-0.15, -0.1) is 0 Å². The predicted octanol–water partition coefficient (Wildman–Crippen LogP) is 7.66. The molecule has 7 rings (SSSR count). The van der Waals surface area contributed by atoms with Crippen LogP contribution in [0.1, 0.15) is 77.3 Å². The molecule has 2 bridgehead atoms. The summed E-state index contributed by atoms with van der Waals surface area (Å²) in [6.07, 6.45) is 0.999. The zero-order valence-corrected chi connectivity index (χ0v) is 24.1. The Morgan fingerprint density at radius 2 is 1.86 bits per heavy atom. The number of carbonyl (C=O) groups excluding carboxylic acids is 1. The first-order chi connectivity index (χ1) is 20.2. The van der Waals surface area contributed by atoms with Gasteiger partial charge in [0.05, 0.1) is 41.2 Å². The van der Waals surface area contributed by atoms with Crippen molar-refractivity contribution >= 4 is 32.7 Å².